The fourth-order valence-corrected chi connectivity index (χ4v) is 7.89. The van der Waals surface area contributed by atoms with Gasteiger partial charge in [-0.15, -0.1) is 0 Å². The third kappa shape index (κ3) is 1.89. The predicted molar refractivity (Wildman–Crippen MR) is 109 cm³/mol. The molecule has 3 saturated heterocycles. The molecular formula is C24H26N2O4. The molecule has 1 aromatic carbocycles. The van der Waals surface area contributed by atoms with E-state index in [-0.39, 0.29) is 29.4 Å². The Labute approximate surface area is 175 Å². The SMILES string of the molecule is CCOC(=O)c1ccc2c(c1)[C@@]13CCN4CC5=CCO[C@H]6CC(=O)N2[C@H]1C6[C@H]5C[C@H]43. The Morgan fingerprint density at radius 3 is 3.13 bits per heavy atom. The number of amides is 1. The van der Waals surface area contributed by atoms with Crippen molar-refractivity contribution in [3.8, 4) is 0 Å². The number of carbonyl (C=O) groups excluding carboxylic acids is 2. The Bertz CT molecular complexity index is 1020. The molecule has 6 nitrogen and oxygen atoms in total. The van der Waals surface area contributed by atoms with Gasteiger partial charge in [-0.1, -0.05) is 11.6 Å². The highest BCUT2D eigenvalue weighted by Gasteiger charge is 2.71. The molecule has 0 aromatic heterocycles. The van der Waals surface area contributed by atoms with Crippen LogP contribution >= 0.6 is 0 Å². The van der Waals surface area contributed by atoms with Gasteiger partial charge < -0.3 is 14.4 Å². The standard InChI is InChI=1S/C24H26N2O4/c1-2-29-23(28)13-3-4-17-16(9-13)24-6-7-25-12-14-5-8-30-18-11-20(27)26(17)22(24)21(18)15(14)10-19(24)25/h3-5,9,15,18-19,21-22H,2,6-8,10-12H2,1H3/t15-,18-,19-,21?,22-,24+/m0/s1. The van der Waals surface area contributed by atoms with Crippen LogP contribution in [0.3, 0.4) is 0 Å². The maximum absolute atomic E-state index is 13.4. The molecule has 6 heteroatoms. The van der Waals surface area contributed by atoms with Crippen LogP contribution in [0.15, 0.2) is 29.8 Å². The van der Waals surface area contributed by atoms with E-state index in [0.29, 0.717) is 43.1 Å². The van der Waals surface area contributed by atoms with E-state index < -0.39 is 0 Å². The lowest BCUT2D eigenvalue weighted by Crippen LogP contribution is -2.69. The van der Waals surface area contributed by atoms with Crippen molar-refractivity contribution in [3.05, 3.63) is 41.0 Å². The van der Waals surface area contributed by atoms with E-state index in [4.69, 9.17) is 9.47 Å². The number of esters is 1. The molecule has 2 bridgehead atoms. The summed E-state index contributed by atoms with van der Waals surface area (Å²) in [5.74, 6) is 0.738. The Morgan fingerprint density at radius 2 is 2.27 bits per heavy atom. The quantitative estimate of drug-likeness (QED) is 0.557. The van der Waals surface area contributed by atoms with Crippen molar-refractivity contribution in [1.29, 1.82) is 0 Å². The summed E-state index contributed by atoms with van der Waals surface area (Å²) in [6.07, 6.45) is 4.93. The molecule has 156 valence electrons. The molecule has 6 atom stereocenters. The first-order chi connectivity index (χ1) is 14.6. The van der Waals surface area contributed by atoms with E-state index in [9.17, 15) is 9.59 Å². The van der Waals surface area contributed by atoms with E-state index in [0.717, 1.165) is 31.6 Å². The van der Waals surface area contributed by atoms with E-state index in [2.05, 4.69) is 15.9 Å². The molecule has 4 fully saturated rings. The maximum atomic E-state index is 13.4. The van der Waals surface area contributed by atoms with Crippen molar-refractivity contribution in [2.75, 3.05) is 31.2 Å². The number of ether oxygens (including phenoxy) is 2. The smallest absolute Gasteiger partial charge is 0.338 e. The second-order valence-corrected chi connectivity index (χ2v) is 9.71. The van der Waals surface area contributed by atoms with Gasteiger partial charge in [-0.2, -0.15) is 0 Å². The van der Waals surface area contributed by atoms with Crippen LogP contribution in [-0.2, 0) is 19.7 Å². The second-order valence-electron chi connectivity index (χ2n) is 9.71. The molecule has 6 aliphatic rings. The Hall–Kier alpha value is -2.18. The summed E-state index contributed by atoms with van der Waals surface area (Å²) < 4.78 is 11.6. The highest BCUT2D eigenvalue weighted by molar-refractivity contribution is 6.00. The number of hydrogen-bond acceptors (Lipinski definition) is 5. The minimum absolute atomic E-state index is 0.00122. The molecule has 7 rings (SSSR count). The second kappa shape index (κ2) is 5.74. The van der Waals surface area contributed by atoms with Crippen LogP contribution in [0.2, 0.25) is 0 Å². The van der Waals surface area contributed by atoms with Crippen molar-refractivity contribution < 1.29 is 19.1 Å². The summed E-state index contributed by atoms with van der Waals surface area (Å²) in [6, 6.07) is 6.42. The average Bonchev–Trinajstić information content (AvgIpc) is 3.21. The van der Waals surface area contributed by atoms with Gasteiger partial charge in [0.1, 0.15) is 0 Å². The first kappa shape index (κ1) is 17.5. The van der Waals surface area contributed by atoms with Crippen molar-refractivity contribution >= 4 is 17.6 Å². The van der Waals surface area contributed by atoms with Gasteiger partial charge in [0.15, 0.2) is 0 Å². The number of carbonyl (C=O) groups is 2. The van der Waals surface area contributed by atoms with Crippen LogP contribution in [0.5, 0.6) is 0 Å². The van der Waals surface area contributed by atoms with Gasteiger partial charge in [-0.3, -0.25) is 9.69 Å². The molecule has 5 heterocycles. The van der Waals surface area contributed by atoms with Crippen LogP contribution in [0.1, 0.15) is 42.1 Å². The lowest BCUT2D eigenvalue weighted by atomic mass is 9.53. The fraction of sp³-hybridized carbons (Fsp3) is 0.583. The number of nitrogens with zero attached hydrogens (tertiary/aromatic N) is 2. The molecule has 1 saturated carbocycles. The van der Waals surface area contributed by atoms with Gasteiger partial charge in [0, 0.05) is 29.6 Å². The Balaban J connectivity index is 1.46. The van der Waals surface area contributed by atoms with Gasteiger partial charge >= 0.3 is 5.97 Å². The monoisotopic (exact) mass is 406 g/mol. The number of piperidine rings is 2. The molecule has 30 heavy (non-hydrogen) atoms. The number of fused-ring (bicyclic) bond motifs is 2. The molecule has 1 aliphatic carbocycles. The predicted octanol–water partition coefficient (Wildman–Crippen LogP) is 2.27. The molecule has 1 unspecified atom stereocenters. The summed E-state index contributed by atoms with van der Waals surface area (Å²) in [7, 11) is 0. The fourth-order valence-electron chi connectivity index (χ4n) is 7.89. The zero-order chi connectivity index (χ0) is 20.2. The lowest BCUT2D eigenvalue weighted by molar-refractivity contribution is -0.132. The van der Waals surface area contributed by atoms with Crippen LogP contribution in [0.25, 0.3) is 0 Å². The largest absolute Gasteiger partial charge is 0.462 e. The normalized spacial score (nSPS) is 40.0. The molecule has 1 spiro atoms. The van der Waals surface area contributed by atoms with E-state index >= 15 is 0 Å². The van der Waals surface area contributed by atoms with Gasteiger partial charge in [0.2, 0.25) is 5.91 Å². The molecule has 5 aliphatic heterocycles. The van der Waals surface area contributed by atoms with E-state index in [1.54, 1.807) is 0 Å². The third-order valence-electron chi connectivity index (χ3n) is 8.82. The molecule has 1 amide bonds. The zero-order valence-corrected chi connectivity index (χ0v) is 17.2. The number of anilines is 1. The van der Waals surface area contributed by atoms with Crippen LogP contribution < -0.4 is 4.90 Å². The van der Waals surface area contributed by atoms with Crippen molar-refractivity contribution in [2.24, 2.45) is 11.8 Å². The Morgan fingerprint density at radius 1 is 1.37 bits per heavy atom. The number of benzene rings is 1. The first-order valence-electron chi connectivity index (χ1n) is 11.3. The summed E-state index contributed by atoms with van der Waals surface area (Å²) in [4.78, 5) is 30.7. The Kier molecular flexibility index (Phi) is 3.35. The lowest BCUT2D eigenvalue weighted by Gasteiger charge is -2.58. The van der Waals surface area contributed by atoms with Crippen LogP contribution in [-0.4, -0.2) is 61.3 Å². The topological polar surface area (TPSA) is 59.1 Å². The number of rotatable bonds is 2. The minimum atomic E-state index is -0.277. The molecule has 0 radical (unpaired) electrons. The summed E-state index contributed by atoms with van der Waals surface area (Å²) in [5, 5.41) is 0. The van der Waals surface area contributed by atoms with Crippen LogP contribution in [0.4, 0.5) is 5.69 Å². The zero-order valence-electron chi connectivity index (χ0n) is 17.2. The minimum Gasteiger partial charge on any atom is -0.462 e. The van der Waals surface area contributed by atoms with Gasteiger partial charge in [0.05, 0.1) is 37.3 Å². The highest BCUT2D eigenvalue weighted by Crippen LogP contribution is 2.65. The van der Waals surface area contributed by atoms with Crippen molar-refractivity contribution in [1.82, 2.24) is 4.90 Å². The van der Waals surface area contributed by atoms with Gasteiger partial charge in [-0.05, 0) is 56.0 Å². The van der Waals surface area contributed by atoms with Gasteiger partial charge in [-0.25, -0.2) is 4.79 Å². The van der Waals surface area contributed by atoms with E-state index in [1.165, 1.54) is 11.1 Å². The first-order valence-corrected chi connectivity index (χ1v) is 11.3. The molecule has 0 N–H and O–H groups in total. The molecular weight excluding hydrogens is 380 g/mol. The van der Waals surface area contributed by atoms with E-state index in [1.807, 2.05) is 25.1 Å². The maximum Gasteiger partial charge on any atom is 0.338 e. The summed E-state index contributed by atoms with van der Waals surface area (Å²) in [6.45, 7) is 4.89. The number of hydrogen-bond donors (Lipinski definition) is 0. The van der Waals surface area contributed by atoms with Crippen LogP contribution in [0, 0.1) is 11.8 Å². The average molecular weight is 406 g/mol. The summed E-state index contributed by atoms with van der Waals surface area (Å²) in [5.41, 5.74) is 4.22. The van der Waals surface area contributed by atoms with Crippen molar-refractivity contribution in [3.63, 3.8) is 0 Å². The summed E-state index contributed by atoms with van der Waals surface area (Å²) >= 11 is 0. The molecule has 1 aromatic rings. The van der Waals surface area contributed by atoms with Gasteiger partial charge in [0.25, 0.3) is 0 Å². The van der Waals surface area contributed by atoms with Crippen molar-refractivity contribution in [2.45, 2.75) is 49.8 Å². The highest BCUT2D eigenvalue weighted by atomic mass is 16.5. The third-order valence-corrected chi connectivity index (χ3v) is 8.82.